The Kier molecular flexibility index (Phi) is 4.11. The molecule has 9 rings (SSSR count). The van der Waals surface area contributed by atoms with Crippen LogP contribution in [0.3, 0.4) is 0 Å². The quantitative estimate of drug-likeness (QED) is 0.163. The lowest BCUT2D eigenvalue weighted by Gasteiger charge is -2.25. The van der Waals surface area contributed by atoms with E-state index in [1.165, 1.54) is 65.0 Å². The zero-order valence-corrected chi connectivity index (χ0v) is 21.1. The average molecular weight is 495 g/mol. The molecule has 8 aromatic carbocycles. The van der Waals surface area contributed by atoms with Gasteiger partial charge >= 0.3 is 0 Å². The van der Waals surface area contributed by atoms with E-state index in [9.17, 15) is 0 Å². The molecule has 0 saturated heterocycles. The van der Waals surface area contributed by atoms with E-state index in [0.717, 1.165) is 22.6 Å². The van der Waals surface area contributed by atoms with Crippen LogP contribution in [-0.2, 0) is 0 Å². The number of rotatable bonds is 1. The molecule has 1 aliphatic heterocycles. The summed E-state index contributed by atoms with van der Waals surface area (Å²) in [5.74, 6) is 1.85. The lowest BCUT2D eigenvalue weighted by molar-refractivity contribution is 0.489. The minimum atomic E-state index is 0.925. The number of para-hydroxylation sites is 1. The fraction of sp³-hybridized carbons (Fsp3) is 0. The van der Waals surface area contributed by atoms with Crippen LogP contribution in [0.25, 0.3) is 76.1 Å². The average Bonchev–Trinajstić information content (AvgIpc) is 3.00. The maximum absolute atomic E-state index is 6.95. The van der Waals surface area contributed by atoms with Crippen LogP contribution < -0.4 is 4.74 Å². The van der Waals surface area contributed by atoms with Crippen LogP contribution in [0, 0.1) is 0 Å². The van der Waals surface area contributed by atoms with Gasteiger partial charge in [-0.15, -0.1) is 0 Å². The fourth-order valence-electron chi connectivity index (χ4n) is 6.71. The van der Waals surface area contributed by atoms with Gasteiger partial charge in [0.05, 0.1) is 0 Å². The molecule has 0 aromatic heterocycles. The zero-order valence-electron chi connectivity index (χ0n) is 21.1. The number of hydrogen-bond acceptors (Lipinski definition) is 1. The standard InChI is InChI=1S/C38H22O/c1-5-13-28-23(9-1)19-20-26-21-24-10-3-6-14-29(24)37(35(26)28)33-18-8-17-32-31-16-7-15-30-27-12-4-2-11-25(27)22-34(36(30)31)39-38(32)33/h1-22H. The highest BCUT2D eigenvalue weighted by Gasteiger charge is 2.25. The van der Waals surface area contributed by atoms with Crippen LogP contribution in [0.1, 0.15) is 0 Å². The smallest absolute Gasteiger partial charge is 0.143 e. The van der Waals surface area contributed by atoms with Gasteiger partial charge in [-0.3, -0.25) is 0 Å². The van der Waals surface area contributed by atoms with Gasteiger partial charge in [0, 0.05) is 22.1 Å². The van der Waals surface area contributed by atoms with Crippen molar-refractivity contribution in [3.63, 3.8) is 0 Å². The predicted molar refractivity (Wildman–Crippen MR) is 165 cm³/mol. The van der Waals surface area contributed by atoms with Gasteiger partial charge in [-0.05, 0) is 66.2 Å². The maximum atomic E-state index is 6.95. The molecule has 180 valence electrons. The molecule has 0 unspecified atom stereocenters. The molecule has 0 N–H and O–H groups in total. The van der Waals surface area contributed by atoms with E-state index in [-0.39, 0.29) is 0 Å². The predicted octanol–water partition coefficient (Wildman–Crippen LogP) is 10.9. The van der Waals surface area contributed by atoms with Crippen molar-refractivity contribution in [3.05, 3.63) is 133 Å². The Hall–Kier alpha value is -5.14. The van der Waals surface area contributed by atoms with E-state index in [1.54, 1.807) is 0 Å². The Bertz CT molecular complexity index is 2310. The Labute approximate surface area is 225 Å². The SMILES string of the molecule is c1cc2c(c(-c3c4ccccc4cc4ccc5ccccc5c34)c1)Oc1cc3ccccc3c3cccc-2c13. The molecule has 8 aromatic rings. The minimum Gasteiger partial charge on any atom is -0.455 e. The third kappa shape index (κ3) is 2.85. The fourth-order valence-corrected chi connectivity index (χ4v) is 6.71. The topological polar surface area (TPSA) is 9.23 Å². The van der Waals surface area contributed by atoms with E-state index < -0.39 is 0 Å². The molecule has 0 bridgehead atoms. The summed E-state index contributed by atoms with van der Waals surface area (Å²) >= 11 is 0. The number of fused-ring (bicyclic) bond motifs is 8. The molecule has 0 atom stereocenters. The van der Waals surface area contributed by atoms with Gasteiger partial charge in [-0.25, -0.2) is 0 Å². The minimum absolute atomic E-state index is 0.925. The van der Waals surface area contributed by atoms with Crippen molar-refractivity contribution in [3.8, 4) is 33.8 Å². The lowest BCUT2D eigenvalue weighted by atomic mass is 9.86. The second kappa shape index (κ2) is 7.69. The first-order valence-corrected chi connectivity index (χ1v) is 13.4. The molecule has 0 aliphatic carbocycles. The highest BCUT2D eigenvalue weighted by Crippen LogP contribution is 2.53. The third-order valence-corrected chi connectivity index (χ3v) is 8.39. The molecular weight excluding hydrogens is 472 g/mol. The van der Waals surface area contributed by atoms with Gasteiger partial charge in [-0.2, -0.15) is 0 Å². The van der Waals surface area contributed by atoms with Crippen molar-refractivity contribution in [1.82, 2.24) is 0 Å². The largest absolute Gasteiger partial charge is 0.455 e. The van der Waals surface area contributed by atoms with Crippen molar-refractivity contribution in [2.24, 2.45) is 0 Å². The first-order valence-electron chi connectivity index (χ1n) is 13.4. The Morgan fingerprint density at radius 3 is 1.85 bits per heavy atom. The van der Waals surface area contributed by atoms with Crippen molar-refractivity contribution in [2.75, 3.05) is 0 Å². The van der Waals surface area contributed by atoms with E-state index >= 15 is 0 Å². The summed E-state index contributed by atoms with van der Waals surface area (Å²) in [7, 11) is 0. The van der Waals surface area contributed by atoms with Crippen molar-refractivity contribution in [1.29, 1.82) is 0 Å². The molecule has 1 heterocycles. The monoisotopic (exact) mass is 494 g/mol. The molecule has 0 amide bonds. The van der Waals surface area contributed by atoms with E-state index in [4.69, 9.17) is 4.74 Å². The summed E-state index contributed by atoms with van der Waals surface area (Å²) in [6.45, 7) is 0. The molecule has 1 heteroatoms. The summed E-state index contributed by atoms with van der Waals surface area (Å²) in [5.41, 5.74) is 4.72. The van der Waals surface area contributed by atoms with Crippen LogP contribution in [0.5, 0.6) is 11.5 Å². The summed E-state index contributed by atoms with van der Waals surface area (Å²) in [4.78, 5) is 0. The van der Waals surface area contributed by atoms with Crippen LogP contribution >= 0.6 is 0 Å². The summed E-state index contributed by atoms with van der Waals surface area (Å²) in [6.07, 6.45) is 0. The highest BCUT2D eigenvalue weighted by molar-refractivity contribution is 6.23. The van der Waals surface area contributed by atoms with Gasteiger partial charge in [0.15, 0.2) is 0 Å². The lowest BCUT2D eigenvalue weighted by Crippen LogP contribution is -2.00. The number of benzene rings is 8. The molecular formula is C38H22O. The van der Waals surface area contributed by atoms with Crippen LogP contribution in [0.15, 0.2) is 133 Å². The second-order valence-corrected chi connectivity index (χ2v) is 10.5. The molecule has 1 aliphatic rings. The molecule has 0 saturated carbocycles. The zero-order chi connectivity index (χ0) is 25.5. The first-order chi connectivity index (χ1) is 19.3. The van der Waals surface area contributed by atoms with E-state index in [0.29, 0.717) is 0 Å². The maximum Gasteiger partial charge on any atom is 0.143 e. The molecule has 39 heavy (non-hydrogen) atoms. The molecule has 0 spiro atoms. The summed E-state index contributed by atoms with van der Waals surface area (Å²) in [5, 5.41) is 12.4. The van der Waals surface area contributed by atoms with Gasteiger partial charge < -0.3 is 4.74 Å². The van der Waals surface area contributed by atoms with Gasteiger partial charge in [0.1, 0.15) is 11.5 Å². The Balaban J connectivity index is 1.45. The van der Waals surface area contributed by atoms with Gasteiger partial charge in [-0.1, -0.05) is 121 Å². The van der Waals surface area contributed by atoms with Crippen molar-refractivity contribution in [2.45, 2.75) is 0 Å². The normalized spacial score (nSPS) is 12.3. The van der Waals surface area contributed by atoms with E-state index in [1.807, 2.05) is 0 Å². The van der Waals surface area contributed by atoms with Crippen LogP contribution in [-0.4, -0.2) is 0 Å². The van der Waals surface area contributed by atoms with Gasteiger partial charge in [0.25, 0.3) is 0 Å². The third-order valence-electron chi connectivity index (χ3n) is 8.39. The van der Waals surface area contributed by atoms with Crippen molar-refractivity contribution < 1.29 is 4.74 Å². The van der Waals surface area contributed by atoms with Crippen LogP contribution in [0.4, 0.5) is 0 Å². The molecule has 0 fully saturated rings. The Morgan fingerprint density at radius 2 is 0.974 bits per heavy atom. The summed E-state index contributed by atoms with van der Waals surface area (Å²) in [6, 6.07) is 48.3. The highest BCUT2D eigenvalue weighted by atomic mass is 16.5. The van der Waals surface area contributed by atoms with E-state index in [2.05, 4.69) is 133 Å². The first kappa shape index (κ1) is 20.9. The number of ether oxygens (including phenoxy) is 1. The molecule has 1 nitrogen and oxygen atoms in total. The van der Waals surface area contributed by atoms with Crippen molar-refractivity contribution >= 4 is 53.9 Å². The van der Waals surface area contributed by atoms with Gasteiger partial charge in [0.2, 0.25) is 0 Å². The Morgan fingerprint density at radius 1 is 0.359 bits per heavy atom. The second-order valence-electron chi connectivity index (χ2n) is 10.5. The van der Waals surface area contributed by atoms with Crippen LogP contribution in [0.2, 0.25) is 0 Å². The number of hydrogen-bond donors (Lipinski definition) is 0. The summed E-state index contributed by atoms with van der Waals surface area (Å²) < 4.78 is 6.95. The molecule has 0 radical (unpaired) electrons.